The molecule has 0 saturated heterocycles. The minimum Gasteiger partial charge on any atom is -0.354 e. The summed E-state index contributed by atoms with van der Waals surface area (Å²) in [7, 11) is 0. The summed E-state index contributed by atoms with van der Waals surface area (Å²) in [4.78, 5) is 31.8. The van der Waals surface area contributed by atoms with Crippen molar-refractivity contribution in [3.05, 3.63) is 50.0 Å². The van der Waals surface area contributed by atoms with E-state index in [9.17, 15) is 9.59 Å². The molecule has 120 valence electrons. The lowest BCUT2D eigenvalue weighted by atomic mass is 10.3. The van der Waals surface area contributed by atoms with Gasteiger partial charge in [0, 0.05) is 16.3 Å². The Balaban J connectivity index is 1.65. The van der Waals surface area contributed by atoms with Gasteiger partial charge in [0.05, 0.1) is 11.7 Å². The highest BCUT2D eigenvalue weighted by Crippen LogP contribution is 2.20. The first kappa shape index (κ1) is 15.9. The third-order valence-electron chi connectivity index (χ3n) is 3.51. The fourth-order valence-electron chi connectivity index (χ4n) is 2.29. The van der Waals surface area contributed by atoms with Gasteiger partial charge >= 0.3 is 0 Å². The number of carbonyl (C=O) groups is 1. The van der Waals surface area contributed by atoms with Gasteiger partial charge in [-0.3, -0.25) is 14.2 Å². The van der Waals surface area contributed by atoms with Crippen LogP contribution in [0.15, 0.2) is 34.7 Å². The first-order chi connectivity index (χ1) is 11.2. The standard InChI is InChI=1S/C16H17N3O2S2/c1-2-11-8-13-15(23-11)18-10-19(16(13)21)9-14(20)17-6-5-12-4-3-7-22-12/h3-4,7-8,10H,2,5-6,9H2,1H3,(H,17,20). The second-order valence-corrected chi connectivity index (χ2v) is 7.29. The Bertz CT molecular complexity index is 865. The van der Waals surface area contributed by atoms with Crippen molar-refractivity contribution in [1.29, 1.82) is 0 Å². The highest BCUT2D eigenvalue weighted by molar-refractivity contribution is 7.18. The lowest BCUT2D eigenvalue weighted by Gasteiger charge is -2.06. The van der Waals surface area contributed by atoms with Crippen molar-refractivity contribution in [1.82, 2.24) is 14.9 Å². The number of rotatable bonds is 6. The number of nitrogens with zero attached hydrogens (tertiary/aromatic N) is 2. The smallest absolute Gasteiger partial charge is 0.262 e. The van der Waals surface area contributed by atoms with Crippen LogP contribution in [0.1, 0.15) is 16.7 Å². The minimum absolute atomic E-state index is 0.00349. The zero-order chi connectivity index (χ0) is 16.2. The maximum atomic E-state index is 12.4. The molecule has 0 spiro atoms. The maximum absolute atomic E-state index is 12.4. The number of aryl methyl sites for hydroxylation is 1. The number of nitrogens with one attached hydrogen (secondary N) is 1. The third-order valence-corrected chi connectivity index (χ3v) is 5.63. The number of carbonyl (C=O) groups excluding carboxylic acids is 1. The SMILES string of the molecule is CCc1cc2c(=O)n(CC(=O)NCCc3cccs3)cnc2s1. The molecule has 1 amide bonds. The van der Waals surface area contributed by atoms with E-state index in [1.165, 1.54) is 27.1 Å². The molecule has 0 radical (unpaired) electrons. The van der Waals surface area contributed by atoms with Gasteiger partial charge in [0.1, 0.15) is 11.4 Å². The Morgan fingerprint density at radius 1 is 1.39 bits per heavy atom. The van der Waals surface area contributed by atoms with Gasteiger partial charge in [-0.1, -0.05) is 13.0 Å². The number of thiophene rings is 2. The summed E-state index contributed by atoms with van der Waals surface area (Å²) in [5.41, 5.74) is -0.153. The highest BCUT2D eigenvalue weighted by atomic mass is 32.1. The molecule has 0 atom stereocenters. The molecular formula is C16H17N3O2S2. The maximum Gasteiger partial charge on any atom is 0.262 e. The second kappa shape index (κ2) is 7.06. The molecular weight excluding hydrogens is 330 g/mol. The van der Waals surface area contributed by atoms with Crippen LogP contribution < -0.4 is 10.9 Å². The normalized spacial score (nSPS) is 11.0. The monoisotopic (exact) mass is 347 g/mol. The van der Waals surface area contributed by atoms with E-state index in [0.29, 0.717) is 11.9 Å². The van der Waals surface area contributed by atoms with Crippen molar-refractivity contribution in [3.63, 3.8) is 0 Å². The van der Waals surface area contributed by atoms with Crippen molar-refractivity contribution in [3.8, 4) is 0 Å². The Morgan fingerprint density at radius 3 is 3.00 bits per heavy atom. The summed E-state index contributed by atoms with van der Waals surface area (Å²) >= 11 is 3.20. The Labute approximate surface area is 141 Å². The summed E-state index contributed by atoms with van der Waals surface area (Å²) in [6, 6.07) is 5.91. The zero-order valence-electron chi connectivity index (χ0n) is 12.7. The summed E-state index contributed by atoms with van der Waals surface area (Å²) in [5, 5.41) is 5.46. The highest BCUT2D eigenvalue weighted by Gasteiger charge is 2.10. The van der Waals surface area contributed by atoms with E-state index in [-0.39, 0.29) is 18.0 Å². The van der Waals surface area contributed by atoms with Gasteiger partial charge < -0.3 is 5.32 Å². The number of hydrogen-bond donors (Lipinski definition) is 1. The molecule has 3 aromatic heterocycles. The summed E-state index contributed by atoms with van der Waals surface area (Å²) in [6.45, 7) is 2.62. The van der Waals surface area contributed by atoms with E-state index < -0.39 is 0 Å². The van der Waals surface area contributed by atoms with Crippen LogP contribution in [0.2, 0.25) is 0 Å². The molecule has 0 aliphatic heterocycles. The van der Waals surface area contributed by atoms with Crippen molar-refractivity contribution in [2.75, 3.05) is 6.54 Å². The molecule has 0 unspecified atom stereocenters. The molecule has 0 aliphatic carbocycles. The molecule has 1 N–H and O–H groups in total. The largest absolute Gasteiger partial charge is 0.354 e. The average Bonchev–Trinajstić information content (AvgIpc) is 3.19. The van der Waals surface area contributed by atoms with E-state index in [2.05, 4.69) is 10.3 Å². The van der Waals surface area contributed by atoms with Crippen molar-refractivity contribution >= 4 is 38.8 Å². The zero-order valence-corrected chi connectivity index (χ0v) is 14.4. The van der Waals surface area contributed by atoms with Gasteiger partial charge in [-0.25, -0.2) is 4.98 Å². The Kier molecular flexibility index (Phi) is 4.88. The van der Waals surface area contributed by atoms with Crippen LogP contribution >= 0.6 is 22.7 Å². The predicted octanol–water partition coefficient (Wildman–Crippen LogP) is 2.44. The topological polar surface area (TPSA) is 64.0 Å². The first-order valence-corrected chi connectivity index (χ1v) is 9.14. The van der Waals surface area contributed by atoms with Gasteiger partial charge in [-0.2, -0.15) is 0 Å². The Morgan fingerprint density at radius 2 is 2.26 bits per heavy atom. The molecule has 23 heavy (non-hydrogen) atoms. The molecule has 5 nitrogen and oxygen atoms in total. The lowest BCUT2D eigenvalue weighted by Crippen LogP contribution is -2.33. The van der Waals surface area contributed by atoms with Crippen molar-refractivity contribution in [2.24, 2.45) is 0 Å². The Hall–Kier alpha value is -1.99. The van der Waals surface area contributed by atoms with E-state index in [4.69, 9.17) is 0 Å². The third kappa shape index (κ3) is 3.68. The molecule has 0 aromatic carbocycles. The van der Waals surface area contributed by atoms with E-state index in [1.807, 2.05) is 30.5 Å². The lowest BCUT2D eigenvalue weighted by molar-refractivity contribution is -0.121. The molecule has 0 aliphatic rings. The van der Waals surface area contributed by atoms with Crippen LogP contribution in [0, 0.1) is 0 Å². The summed E-state index contributed by atoms with van der Waals surface area (Å²) < 4.78 is 1.37. The fraction of sp³-hybridized carbons (Fsp3) is 0.312. The number of fused-ring (bicyclic) bond motifs is 1. The van der Waals surface area contributed by atoms with Crippen LogP contribution in [0.5, 0.6) is 0 Å². The molecule has 0 bridgehead atoms. The van der Waals surface area contributed by atoms with Crippen LogP contribution in [-0.2, 0) is 24.2 Å². The van der Waals surface area contributed by atoms with Crippen molar-refractivity contribution < 1.29 is 4.79 Å². The van der Waals surface area contributed by atoms with E-state index in [0.717, 1.165) is 22.5 Å². The number of aromatic nitrogens is 2. The van der Waals surface area contributed by atoms with Crippen molar-refractivity contribution in [2.45, 2.75) is 26.3 Å². The van der Waals surface area contributed by atoms with Crippen LogP contribution in [0.3, 0.4) is 0 Å². The van der Waals surface area contributed by atoms with Crippen LogP contribution in [0.4, 0.5) is 0 Å². The molecule has 0 saturated carbocycles. The van der Waals surface area contributed by atoms with E-state index >= 15 is 0 Å². The minimum atomic E-state index is -0.171. The summed E-state index contributed by atoms with van der Waals surface area (Å²) in [5.74, 6) is -0.171. The average molecular weight is 347 g/mol. The fourth-order valence-corrected chi connectivity index (χ4v) is 3.92. The second-order valence-electron chi connectivity index (χ2n) is 5.14. The predicted molar refractivity (Wildman–Crippen MR) is 94.3 cm³/mol. The molecule has 3 aromatic rings. The number of amides is 1. The molecule has 3 rings (SSSR count). The number of hydrogen-bond acceptors (Lipinski definition) is 5. The quantitative estimate of drug-likeness (QED) is 0.745. The van der Waals surface area contributed by atoms with Gasteiger partial charge in [0.25, 0.3) is 5.56 Å². The van der Waals surface area contributed by atoms with E-state index in [1.54, 1.807) is 11.3 Å². The molecule has 7 heteroatoms. The molecule has 0 fully saturated rings. The first-order valence-electron chi connectivity index (χ1n) is 7.44. The van der Waals surface area contributed by atoms with Gasteiger partial charge in [-0.15, -0.1) is 22.7 Å². The summed E-state index contributed by atoms with van der Waals surface area (Å²) in [6.07, 6.45) is 3.14. The van der Waals surface area contributed by atoms with Gasteiger partial charge in [0.2, 0.25) is 5.91 Å². The van der Waals surface area contributed by atoms with Gasteiger partial charge in [0.15, 0.2) is 0 Å². The van der Waals surface area contributed by atoms with Crippen LogP contribution in [0.25, 0.3) is 10.2 Å². The van der Waals surface area contributed by atoms with Crippen LogP contribution in [-0.4, -0.2) is 22.0 Å². The molecule has 3 heterocycles. The van der Waals surface area contributed by atoms with Gasteiger partial charge in [-0.05, 0) is 30.4 Å².